The Labute approximate surface area is 118 Å². The zero-order chi connectivity index (χ0) is 14.2. The second-order valence-electron chi connectivity index (χ2n) is 5.88. The first kappa shape index (κ1) is 13.2. The van der Waals surface area contributed by atoms with Gasteiger partial charge >= 0.3 is 0 Å². The molecular formula is C15H20N4O. The zero-order valence-electron chi connectivity index (χ0n) is 12.0. The lowest BCUT2D eigenvalue weighted by molar-refractivity contribution is 0.203. The standard InChI is InChI=1S/C15H20N4O/c1-10-9-17-8-6-11(10)13-18-14(20-19-13)15(2)7-4-3-5-12(15)16/h6,8-9,12H,3-5,7,16H2,1-2H3. The second kappa shape index (κ2) is 4.98. The summed E-state index contributed by atoms with van der Waals surface area (Å²) < 4.78 is 5.53. The number of hydrogen-bond donors (Lipinski definition) is 1. The van der Waals surface area contributed by atoms with E-state index in [1.807, 2.05) is 13.0 Å². The number of hydrogen-bond acceptors (Lipinski definition) is 5. The van der Waals surface area contributed by atoms with E-state index < -0.39 is 0 Å². The molecule has 2 atom stereocenters. The molecule has 2 aromatic rings. The van der Waals surface area contributed by atoms with Gasteiger partial charge in [0.1, 0.15) is 0 Å². The summed E-state index contributed by atoms with van der Waals surface area (Å²) in [5.41, 5.74) is 8.08. The number of aromatic nitrogens is 3. The number of pyridine rings is 1. The van der Waals surface area contributed by atoms with Gasteiger partial charge in [-0.05, 0) is 38.3 Å². The largest absolute Gasteiger partial charge is 0.338 e. The molecule has 0 saturated heterocycles. The quantitative estimate of drug-likeness (QED) is 0.909. The smallest absolute Gasteiger partial charge is 0.234 e. The van der Waals surface area contributed by atoms with Crippen LogP contribution in [0.3, 0.4) is 0 Å². The highest BCUT2D eigenvalue weighted by atomic mass is 16.5. The van der Waals surface area contributed by atoms with Crippen LogP contribution in [-0.2, 0) is 5.41 Å². The molecule has 1 aliphatic rings. The van der Waals surface area contributed by atoms with Crippen molar-refractivity contribution in [1.29, 1.82) is 0 Å². The Balaban J connectivity index is 1.96. The number of nitrogens with two attached hydrogens (primary N) is 1. The fourth-order valence-electron chi connectivity index (χ4n) is 2.92. The third-order valence-corrected chi connectivity index (χ3v) is 4.46. The molecule has 5 heteroatoms. The van der Waals surface area contributed by atoms with E-state index in [4.69, 9.17) is 10.3 Å². The average molecular weight is 272 g/mol. The minimum absolute atomic E-state index is 0.0862. The van der Waals surface area contributed by atoms with Crippen LogP contribution in [0.2, 0.25) is 0 Å². The summed E-state index contributed by atoms with van der Waals surface area (Å²) >= 11 is 0. The van der Waals surface area contributed by atoms with E-state index in [2.05, 4.69) is 22.0 Å². The molecule has 5 nitrogen and oxygen atoms in total. The third-order valence-electron chi connectivity index (χ3n) is 4.46. The Hall–Kier alpha value is -1.75. The molecule has 0 aliphatic heterocycles. The Morgan fingerprint density at radius 2 is 2.25 bits per heavy atom. The molecule has 2 N–H and O–H groups in total. The second-order valence-corrected chi connectivity index (χ2v) is 5.88. The predicted molar refractivity (Wildman–Crippen MR) is 76.1 cm³/mol. The van der Waals surface area contributed by atoms with Crippen LogP contribution in [0.4, 0.5) is 0 Å². The highest BCUT2D eigenvalue weighted by Crippen LogP contribution is 2.38. The number of nitrogens with zero attached hydrogens (tertiary/aromatic N) is 3. The maximum Gasteiger partial charge on any atom is 0.234 e. The third kappa shape index (κ3) is 2.12. The molecule has 2 unspecified atom stereocenters. The first-order chi connectivity index (χ1) is 9.61. The van der Waals surface area contributed by atoms with Gasteiger partial charge in [0, 0.05) is 24.0 Å². The monoisotopic (exact) mass is 272 g/mol. The van der Waals surface area contributed by atoms with Gasteiger partial charge in [0.2, 0.25) is 11.7 Å². The van der Waals surface area contributed by atoms with Crippen LogP contribution in [0.25, 0.3) is 11.4 Å². The summed E-state index contributed by atoms with van der Waals surface area (Å²) in [6.45, 7) is 4.12. The van der Waals surface area contributed by atoms with Crippen molar-refractivity contribution >= 4 is 0 Å². The van der Waals surface area contributed by atoms with Crippen LogP contribution in [0.1, 0.15) is 44.1 Å². The summed E-state index contributed by atoms with van der Waals surface area (Å²) in [5.74, 6) is 1.29. The normalized spacial score (nSPS) is 26.6. The fourth-order valence-corrected chi connectivity index (χ4v) is 2.92. The summed E-state index contributed by atoms with van der Waals surface area (Å²) in [5, 5.41) is 4.13. The van der Waals surface area contributed by atoms with E-state index in [0.29, 0.717) is 11.7 Å². The van der Waals surface area contributed by atoms with Crippen LogP contribution < -0.4 is 5.73 Å². The van der Waals surface area contributed by atoms with Gasteiger partial charge < -0.3 is 10.3 Å². The first-order valence-electron chi connectivity index (χ1n) is 7.12. The summed E-state index contributed by atoms with van der Waals surface area (Å²) in [4.78, 5) is 8.69. The summed E-state index contributed by atoms with van der Waals surface area (Å²) in [7, 11) is 0. The summed E-state index contributed by atoms with van der Waals surface area (Å²) in [6, 6.07) is 2.00. The molecule has 1 saturated carbocycles. The molecule has 0 bridgehead atoms. The van der Waals surface area contributed by atoms with E-state index in [0.717, 1.165) is 30.4 Å². The highest BCUT2D eigenvalue weighted by Gasteiger charge is 2.40. The molecular weight excluding hydrogens is 252 g/mol. The van der Waals surface area contributed by atoms with Gasteiger partial charge in [-0.2, -0.15) is 4.98 Å². The van der Waals surface area contributed by atoms with Gasteiger partial charge in [0.05, 0.1) is 5.41 Å². The lowest BCUT2D eigenvalue weighted by Gasteiger charge is -2.35. The zero-order valence-corrected chi connectivity index (χ0v) is 12.0. The SMILES string of the molecule is Cc1cnccc1-c1noc(C2(C)CCCCC2N)n1. The van der Waals surface area contributed by atoms with Crippen molar-refractivity contribution in [1.82, 2.24) is 15.1 Å². The lowest BCUT2D eigenvalue weighted by Crippen LogP contribution is -2.45. The molecule has 0 spiro atoms. The predicted octanol–water partition coefficient (Wildman–Crippen LogP) is 2.60. The maximum atomic E-state index is 6.29. The van der Waals surface area contributed by atoms with Crippen LogP contribution >= 0.6 is 0 Å². The van der Waals surface area contributed by atoms with Crippen molar-refractivity contribution in [2.24, 2.45) is 5.73 Å². The molecule has 20 heavy (non-hydrogen) atoms. The fraction of sp³-hybridized carbons (Fsp3) is 0.533. The number of rotatable bonds is 2. The number of aryl methyl sites for hydroxylation is 1. The van der Waals surface area contributed by atoms with Crippen LogP contribution in [0, 0.1) is 6.92 Å². The average Bonchev–Trinajstić information content (AvgIpc) is 2.93. The molecule has 2 heterocycles. The Bertz CT molecular complexity index is 609. The van der Waals surface area contributed by atoms with Gasteiger partial charge in [-0.1, -0.05) is 18.0 Å². The van der Waals surface area contributed by atoms with E-state index in [9.17, 15) is 0 Å². The van der Waals surface area contributed by atoms with E-state index in [1.54, 1.807) is 12.4 Å². The topological polar surface area (TPSA) is 77.8 Å². The van der Waals surface area contributed by atoms with Crippen molar-refractivity contribution < 1.29 is 4.52 Å². The van der Waals surface area contributed by atoms with Gasteiger partial charge in [-0.25, -0.2) is 0 Å². The van der Waals surface area contributed by atoms with Crippen molar-refractivity contribution in [2.45, 2.75) is 51.0 Å². The molecule has 3 rings (SSSR count). The molecule has 0 amide bonds. The minimum Gasteiger partial charge on any atom is -0.338 e. The van der Waals surface area contributed by atoms with Gasteiger partial charge in [-0.15, -0.1) is 0 Å². The van der Waals surface area contributed by atoms with Crippen molar-refractivity contribution in [3.63, 3.8) is 0 Å². The maximum absolute atomic E-state index is 6.29. The lowest BCUT2D eigenvalue weighted by atomic mass is 9.72. The minimum atomic E-state index is -0.204. The van der Waals surface area contributed by atoms with Gasteiger partial charge in [-0.3, -0.25) is 4.98 Å². The van der Waals surface area contributed by atoms with Crippen LogP contribution in [-0.4, -0.2) is 21.2 Å². The van der Waals surface area contributed by atoms with Crippen molar-refractivity contribution in [2.75, 3.05) is 0 Å². The van der Waals surface area contributed by atoms with Gasteiger partial charge in [0.15, 0.2) is 0 Å². The first-order valence-corrected chi connectivity index (χ1v) is 7.12. The Morgan fingerprint density at radius 3 is 3.00 bits per heavy atom. The van der Waals surface area contributed by atoms with E-state index in [-0.39, 0.29) is 11.5 Å². The molecule has 1 aliphatic carbocycles. The van der Waals surface area contributed by atoms with Crippen LogP contribution in [0.15, 0.2) is 23.0 Å². The molecule has 0 radical (unpaired) electrons. The molecule has 0 aromatic carbocycles. The Kier molecular flexibility index (Phi) is 3.30. The van der Waals surface area contributed by atoms with E-state index in [1.165, 1.54) is 6.42 Å². The van der Waals surface area contributed by atoms with Crippen LogP contribution in [0.5, 0.6) is 0 Å². The highest BCUT2D eigenvalue weighted by molar-refractivity contribution is 5.58. The Morgan fingerprint density at radius 1 is 1.40 bits per heavy atom. The summed E-state index contributed by atoms with van der Waals surface area (Å²) in [6.07, 6.45) is 7.91. The molecule has 2 aromatic heterocycles. The van der Waals surface area contributed by atoms with Crippen molar-refractivity contribution in [3.8, 4) is 11.4 Å². The van der Waals surface area contributed by atoms with E-state index >= 15 is 0 Å². The molecule has 1 fully saturated rings. The van der Waals surface area contributed by atoms with Crippen molar-refractivity contribution in [3.05, 3.63) is 29.9 Å². The molecule has 106 valence electrons. The van der Waals surface area contributed by atoms with Gasteiger partial charge in [0.25, 0.3) is 0 Å².